The normalized spacial score (nSPS) is 19.8. The molecule has 2 fully saturated rings. The lowest BCUT2D eigenvalue weighted by atomic mass is 9.84. The second-order valence-electron chi connectivity index (χ2n) is 7.46. The Balaban J connectivity index is 1.40. The average Bonchev–Trinajstić information content (AvgIpc) is 3.47. The largest absolute Gasteiger partial charge is 0.338 e. The van der Waals surface area contributed by atoms with Crippen molar-refractivity contribution < 1.29 is 4.79 Å². The lowest BCUT2D eigenvalue weighted by Crippen LogP contribution is -2.46. The van der Waals surface area contributed by atoms with E-state index in [0.29, 0.717) is 24.4 Å². The molecule has 2 aliphatic carbocycles. The van der Waals surface area contributed by atoms with Crippen LogP contribution < -0.4 is 5.32 Å². The Morgan fingerprint density at radius 3 is 2.50 bits per heavy atom. The van der Waals surface area contributed by atoms with Gasteiger partial charge in [-0.25, -0.2) is 14.8 Å². The summed E-state index contributed by atoms with van der Waals surface area (Å²) in [7, 11) is 1.92. The highest BCUT2D eigenvalue weighted by atomic mass is 16.2. The Labute approximate surface area is 145 Å². The summed E-state index contributed by atoms with van der Waals surface area (Å²) in [6.45, 7) is 2.81. The van der Waals surface area contributed by atoms with Gasteiger partial charge in [0.1, 0.15) is 5.82 Å². The van der Waals surface area contributed by atoms with Crippen molar-refractivity contribution in [1.82, 2.24) is 20.2 Å². The number of aromatic nitrogens is 2. The minimum Gasteiger partial charge on any atom is -0.338 e. The molecule has 1 atom stereocenters. The molecule has 24 heavy (non-hydrogen) atoms. The van der Waals surface area contributed by atoms with Gasteiger partial charge in [0.05, 0.1) is 0 Å². The number of nitrogens with zero attached hydrogens (tertiary/aromatic N) is 3. The van der Waals surface area contributed by atoms with Gasteiger partial charge in [0.25, 0.3) is 0 Å². The minimum atomic E-state index is 0.0311. The summed E-state index contributed by atoms with van der Waals surface area (Å²) in [6.07, 6.45) is 13.5. The number of carbonyl (C=O) groups excluding carboxylic acids is 1. The van der Waals surface area contributed by atoms with Crippen molar-refractivity contribution in [1.29, 1.82) is 0 Å². The average molecular weight is 330 g/mol. The highest BCUT2D eigenvalue weighted by Crippen LogP contribution is 2.37. The van der Waals surface area contributed by atoms with E-state index in [0.717, 1.165) is 17.8 Å². The Kier molecular flexibility index (Phi) is 5.69. The predicted octanol–water partition coefficient (Wildman–Crippen LogP) is 3.51. The molecule has 1 aromatic heterocycles. The van der Waals surface area contributed by atoms with Crippen LogP contribution in [0.25, 0.3) is 0 Å². The van der Waals surface area contributed by atoms with Gasteiger partial charge in [0.2, 0.25) is 0 Å². The molecule has 0 radical (unpaired) electrons. The maximum atomic E-state index is 12.4. The second-order valence-corrected chi connectivity index (χ2v) is 7.46. The highest BCUT2D eigenvalue weighted by Gasteiger charge is 2.26. The molecule has 1 N–H and O–H groups in total. The molecule has 0 spiro atoms. The molecule has 5 nitrogen and oxygen atoms in total. The van der Waals surface area contributed by atoms with E-state index in [1.807, 2.05) is 24.3 Å². The molecule has 1 heterocycles. The number of hydrogen-bond acceptors (Lipinski definition) is 3. The van der Waals surface area contributed by atoms with Gasteiger partial charge in [-0.3, -0.25) is 0 Å². The van der Waals surface area contributed by atoms with E-state index in [9.17, 15) is 4.79 Å². The molecular formula is C19H30N4O. The lowest BCUT2D eigenvalue weighted by Gasteiger charge is -2.34. The Morgan fingerprint density at radius 2 is 1.88 bits per heavy atom. The number of rotatable bonds is 6. The van der Waals surface area contributed by atoms with Crippen molar-refractivity contribution in [2.45, 2.75) is 70.3 Å². The van der Waals surface area contributed by atoms with Crippen LogP contribution in [0, 0.1) is 5.92 Å². The fourth-order valence-corrected chi connectivity index (χ4v) is 3.60. The van der Waals surface area contributed by atoms with Crippen LogP contribution in [0.4, 0.5) is 4.79 Å². The van der Waals surface area contributed by atoms with Gasteiger partial charge in [0.15, 0.2) is 0 Å². The molecule has 0 aliphatic heterocycles. The third-order valence-corrected chi connectivity index (χ3v) is 5.62. The molecule has 1 aromatic rings. The van der Waals surface area contributed by atoms with E-state index >= 15 is 0 Å². The Hall–Kier alpha value is -1.65. The number of amides is 2. The number of urea groups is 1. The van der Waals surface area contributed by atoms with Gasteiger partial charge in [0, 0.05) is 37.9 Å². The molecule has 2 amide bonds. The van der Waals surface area contributed by atoms with E-state index in [1.54, 1.807) is 0 Å². The van der Waals surface area contributed by atoms with Gasteiger partial charge in [-0.15, -0.1) is 0 Å². The first-order valence-electron chi connectivity index (χ1n) is 9.46. The zero-order valence-electron chi connectivity index (χ0n) is 15.0. The summed E-state index contributed by atoms with van der Waals surface area (Å²) in [5, 5.41) is 3.03. The maximum absolute atomic E-state index is 12.4. The van der Waals surface area contributed by atoms with Crippen LogP contribution in [0.3, 0.4) is 0 Å². The first-order chi connectivity index (χ1) is 11.6. The standard InChI is InChI=1S/C19H30N4O/c1-14(16-6-4-3-5-7-16)23(2)19(24)20-11-10-15-12-21-18(22-13-15)17-8-9-17/h12-14,16-17H,3-11H2,1-2H3,(H,20,24). The summed E-state index contributed by atoms with van der Waals surface area (Å²) in [5.74, 6) is 2.22. The molecule has 0 bridgehead atoms. The SMILES string of the molecule is CC(C1CCCCC1)N(C)C(=O)NCCc1cnc(C2CC2)nc1. The Bertz CT molecular complexity index is 535. The quantitative estimate of drug-likeness (QED) is 0.868. The molecular weight excluding hydrogens is 300 g/mol. The van der Waals surface area contributed by atoms with Crippen molar-refractivity contribution in [3.05, 3.63) is 23.8 Å². The van der Waals surface area contributed by atoms with Crippen molar-refractivity contribution in [3.63, 3.8) is 0 Å². The van der Waals surface area contributed by atoms with Crippen molar-refractivity contribution in [2.24, 2.45) is 5.92 Å². The van der Waals surface area contributed by atoms with Crippen molar-refractivity contribution in [2.75, 3.05) is 13.6 Å². The number of carbonyl (C=O) groups is 1. The first kappa shape index (κ1) is 17.2. The molecule has 5 heteroatoms. The lowest BCUT2D eigenvalue weighted by molar-refractivity contribution is 0.156. The van der Waals surface area contributed by atoms with Crippen LogP contribution in [-0.4, -0.2) is 40.5 Å². The van der Waals surface area contributed by atoms with Gasteiger partial charge < -0.3 is 10.2 Å². The topological polar surface area (TPSA) is 58.1 Å². The molecule has 0 saturated heterocycles. The van der Waals surface area contributed by atoms with Crippen molar-refractivity contribution >= 4 is 6.03 Å². The molecule has 2 aliphatic rings. The fraction of sp³-hybridized carbons (Fsp3) is 0.737. The molecule has 1 unspecified atom stereocenters. The summed E-state index contributed by atoms with van der Waals surface area (Å²) in [6, 6.07) is 0.343. The van der Waals surface area contributed by atoms with E-state index in [1.165, 1.54) is 44.9 Å². The van der Waals surface area contributed by atoms with E-state index in [2.05, 4.69) is 22.2 Å². The summed E-state index contributed by atoms with van der Waals surface area (Å²) in [5.41, 5.74) is 1.09. The third kappa shape index (κ3) is 4.46. The second kappa shape index (κ2) is 7.95. The minimum absolute atomic E-state index is 0.0311. The van der Waals surface area contributed by atoms with Gasteiger partial charge in [-0.05, 0) is 50.5 Å². The van der Waals surface area contributed by atoms with Crippen LogP contribution in [0.2, 0.25) is 0 Å². The summed E-state index contributed by atoms with van der Waals surface area (Å²) < 4.78 is 0. The van der Waals surface area contributed by atoms with Crippen LogP contribution in [0.5, 0.6) is 0 Å². The molecule has 132 valence electrons. The molecule has 2 saturated carbocycles. The van der Waals surface area contributed by atoms with E-state index in [4.69, 9.17) is 0 Å². The van der Waals surface area contributed by atoms with Crippen LogP contribution >= 0.6 is 0 Å². The number of nitrogens with one attached hydrogen (secondary N) is 1. The Morgan fingerprint density at radius 1 is 1.21 bits per heavy atom. The van der Waals surface area contributed by atoms with Crippen LogP contribution in [0.15, 0.2) is 12.4 Å². The smallest absolute Gasteiger partial charge is 0.317 e. The third-order valence-electron chi connectivity index (χ3n) is 5.62. The monoisotopic (exact) mass is 330 g/mol. The van der Waals surface area contributed by atoms with Crippen LogP contribution in [-0.2, 0) is 6.42 Å². The van der Waals surface area contributed by atoms with Crippen molar-refractivity contribution in [3.8, 4) is 0 Å². The van der Waals surface area contributed by atoms with Gasteiger partial charge >= 0.3 is 6.03 Å². The predicted molar refractivity (Wildman–Crippen MR) is 94.9 cm³/mol. The van der Waals surface area contributed by atoms with Crippen LogP contribution in [0.1, 0.15) is 69.2 Å². The zero-order valence-corrected chi connectivity index (χ0v) is 15.0. The van der Waals surface area contributed by atoms with Gasteiger partial charge in [-0.2, -0.15) is 0 Å². The fourth-order valence-electron chi connectivity index (χ4n) is 3.60. The van der Waals surface area contributed by atoms with Gasteiger partial charge in [-0.1, -0.05) is 19.3 Å². The first-order valence-corrected chi connectivity index (χ1v) is 9.46. The summed E-state index contributed by atoms with van der Waals surface area (Å²) in [4.78, 5) is 23.1. The maximum Gasteiger partial charge on any atom is 0.317 e. The van der Waals surface area contributed by atoms with E-state index in [-0.39, 0.29) is 6.03 Å². The zero-order chi connectivity index (χ0) is 16.9. The van der Waals surface area contributed by atoms with E-state index < -0.39 is 0 Å². The highest BCUT2D eigenvalue weighted by molar-refractivity contribution is 5.74. The molecule has 3 rings (SSSR count). The summed E-state index contributed by atoms with van der Waals surface area (Å²) >= 11 is 0. The number of hydrogen-bond donors (Lipinski definition) is 1. The molecule has 0 aromatic carbocycles.